The van der Waals surface area contributed by atoms with E-state index in [2.05, 4.69) is 37.3 Å². The highest BCUT2D eigenvalue weighted by molar-refractivity contribution is 5.15. The highest BCUT2D eigenvalue weighted by atomic mass is 16.5. The molecule has 2 atom stereocenters. The van der Waals surface area contributed by atoms with Crippen LogP contribution in [-0.2, 0) is 15.9 Å². The van der Waals surface area contributed by atoms with Gasteiger partial charge in [-0.2, -0.15) is 0 Å². The molecule has 0 aliphatic rings. The van der Waals surface area contributed by atoms with Gasteiger partial charge in [-0.1, -0.05) is 69.4 Å². The minimum absolute atomic E-state index is 0.0623. The molecule has 3 heteroatoms. The van der Waals surface area contributed by atoms with E-state index in [4.69, 9.17) is 9.47 Å². The van der Waals surface area contributed by atoms with Crippen LogP contribution >= 0.6 is 0 Å². The van der Waals surface area contributed by atoms with Gasteiger partial charge in [-0.15, -0.1) is 0 Å². The number of aliphatic hydroxyl groups is 1. The van der Waals surface area contributed by atoms with Gasteiger partial charge < -0.3 is 14.6 Å². The molecule has 0 saturated carbocycles. The number of ether oxygens (including phenoxy) is 2. The smallest absolute Gasteiger partial charge is 0.0813 e. The second kappa shape index (κ2) is 14.1. The van der Waals surface area contributed by atoms with Crippen molar-refractivity contribution in [3.63, 3.8) is 0 Å². The molecule has 0 aliphatic carbocycles. The summed E-state index contributed by atoms with van der Waals surface area (Å²) in [4.78, 5) is 0. The Bertz CT molecular complexity index is 452. The van der Waals surface area contributed by atoms with Crippen molar-refractivity contribution < 1.29 is 14.6 Å². The van der Waals surface area contributed by atoms with Gasteiger partial charge in [0.25, 0.3) is 0 Å². The first-order valence-electron chi connectivity index (χ1n) is 10.9. The summed E-state index contributed by atoms with van der Waals surface area (Å²) < 4.78 is 12.2. The van der Waals surface area contributed by atoms with E-state index in [1.165, 1.54) is 37.7 Å². The van der Waals surface area contributed by atoms with E-state index in [-0.39, 0.29) is 24.4 Å². The summed E-state index contributed by atoms with van der Waals surface area (Å²) >= 11 is 0. The highest BCUT2D eigenvalue weighted by Gasteiger charge is 2.20. The first-order valence-corrected chi connectivity index (χ1v) is 10.9. The van der Waals surface area contributed by atoms with Crippen LogP contribution in [-0.4, -0.2) is 36.1 Å². The molecule has 0 unspecified atom stereocenters. The van der Waals surface area contributed by atoms with Crippen molar-refractivity contribution in [3.05, 3.63) is 35.9 Å². The summed E-state index contributed by atoms with van der Waals surface area (Å²) in [5.41, 5.74) is 1.07. The fourth-order valence-corrected chi connectivity index (χ4v) is 3.31. The Hall–Kier alpha value is -0.900. The molecule has 156 valence electrons. The zero-order valence-electron chi connectivity index (χ0n) is 18.1. The predicted molar refractivity (Wildman–Crippen MR) is 114 cm³/mol. The maximum absolute atomic E-state index is 9.64. The van der Waals surface area contributed by atoms with Crippen LogP contribution in [0.3, 0.4) is 0 Å². The maximum atomic E-state index is 9.64. The van der Waals surface area contributed by atoms with Crippen molar-refractivity contribution in [3.8, 4) is 0 Å². The lowest BCUT2D eigenvalue weighted by Crippen LogP contribution is -2.31. The summed E-state index contributed by atoms with van der Waals surface area (Å²) in [5, 5.41) is 9.64. The Balaban J connectivity index is 2.45. The van der Waals surface area contributed by atoms with Crippen molar-refractivity contribution in [2.24, 2.45) is 0 Å². The molecule has 0 heterocycles. The first kappa shape index (κ1) is 24.1. The quantitative estimate of drug-likeness (QED) is 0.384. The van der Waals surface area contributed by atoms with E-state index in [0.29, 0.717) is 0 Å². The van der Waals surface area contributed by atoms with Gasteiger partial charge in [-0.25, -0.2) is 0 Å². The molecule has 3 nitrogen and oxygen atoms in total. The van der Waals surface area contributed by atoms with Gasteiger partial charge >= 0.3 is 0 Å². The van der Waals surface area contributed by atoms with E-state index < -0.39 is 0 Å². The molecule has 0 spiro atoms. The Kier molecular flexibility index (Phi) is 12.6. The van der Waals surface area contributed by atoms with E-state index in [0.717, 1.165) is 32.3 Å². The van der Waals surface area contributed by atoms with Crippen molar-refractivity contribution in [2.45, 2.75) is 103 Å². The largest absolute Gasteiger partial charge is 0.394 e. The summed E-state index contributed by atoms with van der Waals surface area (Å²) in [5.74, 6) is 0. The van der Waals surface area contributed by atoms with Crippen LogP contribution in [0.5, 0.6) is 0 Å². The lowest BCUT2D eigenvalue weighted by Gasteiger charge is -2.28. The van der Waals surface area contributed by atoms with Crippen molar-refractivity contribution in [1.82, 2.24) is 0 Å². The number of benzene rings is 1. The van der Waals surface area contributed by atoms with Crippen LogP contribution in [0.25, 0.3) is 0 Å². The van der Waals surface area contributed by atoms with Gasteiger partial charge in [-0.05, 0) is 52.0 Å². The van der Waals surface area contributed by atoms with Crippen molar-refractivity contribution in [2.75, 3.05) is 13.2 Å². The molecule has 1 rings (SSSR count). The highest BCUT2D eigenvalue weighted by Crippen LogP contribution is 2.18. The normalized spacial score (nSPS) is 14.3. The monoisotopic (exact) mass is 378 g/mol. The Morgan fingerprint density at radius 2 is 1.52 bits per heavy atom. The molecule has 27 heavy (non-hydrogen) atoms. The van der Waals surface area contributed by atoms with Crippen molar-refractivity contribution >= 4 is 0 Å². The summed E-state index contributed by atoms with van der Waals surface area (Å²) in [6.07, 6.45) is 10.4. The van der Waals surface area contributed by atoms with Crippen LogP contribution in [0.4, 0.5) is 0 Å². The molecular weight excluding hydrogens is 336 g/mol. The minimum Gasteiger partial charge on any atom is -0.394 e. The molecule has 0 amide bonds. The molecule has 0 aliphatic heterocycles. The predicted octanol–water partition coefficient (Wildman–Crippen LogP) is 5.93. The van der Waals surface area contributed by atoms with Crippen molar-refractivity contribution in [1.29, 1.82) is 0 Å². The SMILES string of the molecule is CCCCCCCCO[C@H](CC[C@@H](CO)OC(C)(C)C)Cc1ccccc1. The Labute approximate surface area is 167 Å². The maximum Gasteiger partial charge on any atom is 0.0813 e. The number of aliphatic hydroxyl groups excluding tert-OH is 1. The van der Waals surface area contributed by atoms with Crippen LogP contribution in [0, 0.1) is 0 Å². The lowest BCUT2D eigenvalue weighted by atomic mass is 10.0. The second-order valence-electron chi connectivity index (χ2n) is 8.56. The van der Waals surface area contributed by atoms with Gasteiger partial charge in [0, 0.05) is 6.61 Å². The molecule has 1 aromatic carbocycles. The number of hydrogen-bond donors (Lipinski definition) is 1. The molecule has 0 bridgehead atoms. The van der Waals surface area contributed by atoms with E-state index in [1.807, 2.05) is 20.8 Å². The Morgan fingerprint density at radius 3 is 2.15 bits per heavy atom. The van der Waals surface area contributed by atoms with Crippen LogP contribution < -0.4 is 0 Å². The topological polar surface area (TPSA) is 38.7 Å². The summed E-state index contributed by atoms with van der Waals surface area (Å²) in [6.45, 7) is 9.24. The van der Waals surface area contributed by atoms with E-state index >= 15 is 0 Å². The number of rotatable bonds is 15. The third-order valence-electron chi connectivity index (χ3n) is 4.69. The molecular formula is C24H42O3. The summed E-state index contributed by atoms with van der Waals surface area (Å²) in [6, 6.07) is 10.5. The van der Waals surface area contributed by atoms with Gasteiger partial charge in [0.05, 0.1) is 24.4 Å². The first-order chi connectivity index (χ1) is 12.9. The molecule has 1 N–H and O–H groups in total. The molecule has 1 aromatic rings. The second-order valence-corrected chi connectivity index (χ2v) is 8.56. The minimum atomic E-state index is -0.234. The number of hydrogen-bond acceptors (Lipinski definition) is 3. The molecule has 0 fully saturated rings. The zero-order chi connectivity index (χ0) is 20.0. The Morgan fingerprint density at radius 1 is 0.889 bits per heavy atom. The average molecular weight is 379 g/mol. The van der Waals surface area contributed by atoms with Gasteiger partial charge in [0.15, 0.2) is 0 Å². The van der Waals surface area contributed by atoms with Gasteiger partial charge in [0.2, 0.25) is 0 Å². The average Bonchev–Trinajstić information content (AvgIpc) is 2.63. The van der Waals surface area contributed by atoms with E-state index in [9.17, 15) is 5.11 Å². The van der Waals surface area contributed by atoms with Gasteiger partial charge in [0.1, 0.15) is 0 Å². The zero-order valence-corrected chi connectivity index (χ0v) is 18.1. The van der Waals surface area contributed by atoms with Crippen LogP contribution in [0.2, 0.25) is 0 Å². The van der Waals surface area contributed by atoms with E-state index in [1.54, 1.807) is 0 Å². The number of unbranched alkanes of at least 4 members (excludes halogenated alkanes) is 5. The fourth-order valence-electron chi connectivity index (χ4n) is 3.31. The molecule has 0 saturated heterocycles. The van der Waals surface area contributed by atoms with Gasteiger partial charge in [-0.3, -0.25) is 0 Å². The molecule has 0 radical (unpaired) electrons. The third kappa shape index (κ3) is 13.0. The fraction of sp³-hybridized carbons (Fsp3) is 0.750. The third-order valence-corrected chi connectivity index (χ3v) is 4.69. The standard InChI is InChI=1S/C24H42O3/c1-5-6-7-8-9-13-18-26-22(19-21-14-11-10-12-15-21)16-17-23(20-25)27-24(2,3)4/h10-12,14-15,22-23,25H,5-9,13,16-20H2,1-4H3/t22-,23+/m1/s1. The van der Waals surface area contributed by atoms with Crippen LogP contribution in [0.15, 0.2) is 30.3 Å². The summed E-state index contributed by atoms with van der Waals surface area (Å²) in [7, 11) is 0. The lowest BCUT2D eigenvalue weighted by molar-refractivity contribution is -0.0885. The molecule has 0 aromatic heterocycles. The van der Waals surface area contributed by atoms with Crippen LogP contribution in [0.1, 0.15) is 84.6 Å².